The Morgan fingerprint density at radius 2 is 1.98 bits per heavy atom. The van der Waals surface area contributed by atoms with Crippen LogP contribution >= 0.6 is 0 Å². The average Bonchev–Trinajstić information content (AvgIpc) is 3.63. The molecule has 0 unspecified atom stereocenters. The van der Waals surface area contributed by atoms with Crippen LogP contribution < -0.4 is 16.0 Å². The maximum absolute atomic E-state index is 13.4. The van der Waals surface area contributed by atoms with Gasteiger partial charge in [-0.3, -0.25) is 4.79 Å². The fraction of sp³-hybridized carbons (Fsp3) is 0.276. The zero-order valence-corrected chi connectivity index (χ0v) is 22.8. The van der Waals surface area contributed by atoms with Crippen molar-refractivity contribution in [1.82, 2.24) is 39.5 Å². The molecule has 0 aromatic carbocycles. The second kappa shape index (κ2) is 10.4. The molecule has 4 N–H and O–H groups in total. The lowest BCUT2D eigenvalue weighted by molar-refractivity contribution is 0.0946. The number of amides is 1. The number of carbonyl (C=O) groups is 1. The zero-order valence-electron chi connectivity index (χ0n) is 22.8. The number of nitrogen functional groups attached to an aromatic ring is 1. The van der Waals surface area contributed by atoms with Crippen LogP contribution in [0, 0.1) is 6.92 Å². The second-order valence-electron chi connectivity index (χ2n) is 10.2. The number of carbonyl (C=O) groups excluding carboxylic acids is 1. The third kappa shape index (κ3) is 4.87. The SMILES string of the molecule is Cc1cnc2ccc(-c3nc(C(=O)NCc4cccc(N5CCN(C)[C@@H](C)C5)n4)c(N)nc3-c3ccc[nH]3)cn12. The molecule has 1 aliphatic heterocycles. The Morgan fingerprint density at radius 3 is 2.77 bits per heavy atom. The van der Waals surface area contributed by atoms with E-state index in [1.54, 1.807) is 0 Å². The number of aromatic nitrogens is 6. The first-order chi connectivity index (χ1) is 19.4. The first kappa shape index (κ1) is 25.5. The van der Waals surface area contributed by atoms with Gasteiger partial charge in [0.25, 0.3) is 5.91 Å². The van der Waals surface area contributed by atoms with Gasteiger partial charge in [0.2, 0.25) is 0 Å². The number of fused-ring (bicyclic) bond motifs is 1. The zero-order chi connectivity index (χ0) is 27.8. The lowest BCUT2D eigenvalue weighted by atomic mass is 10.1. The van der Waals surface area contributed by atoms with Crippen LogP contribution in [0.1, 0.15) is 28.8 Å². The van der Waals surface area contributed by atoms with Crippen LogP contribution in [-0.4, -0.2) is 72.9 Å². The minimum atomic E-state index is -0.412. The lowest BCUT2D eigenvalue weighted by Crippen LogP contribution is -2.50. The lowest BCUT2D eigenvalue weighted by Gasteiger charge is -2.38. The summed E-state index contributed by atoms with van der Waals surface area (Å²) in [5.41, 5.74) is 11.6. The van der Waals surface area contributed by atoms with Gasteiger partial charge in [0.15, 0.2) is 11.5 Å². The van der Waals surface area contributed by atoms with Crippen molar-refractivity contribution >= 4 is 23.2 Å². The Bertz CT molecular complexity index is 1680. The molecule has 0 spiro atoms. The topological polar surface area (TPSA) is 133 Å². The van der Waals surface area contributed by atoms with Gasteiger partial charge in [-0.25, -0.2) is 19.9 Å². The first-order valence-electron chi connectivity index (χ1n) is 13.3. The molecule has 0 saturated carbocycles. The van der Waals surface area contributed by atoms with E-state index >= 15 is 0 Å². The molecule has 1 amide bonds. The molecule has 1 atom stereocenters. The van der Waals surface area contributed by atoms with Crippen molar-refractivity contribution < 1.29 is 4.79 Å². The number of nitrogens with one attached hydrogen (secondary N) is 2. The summed E-state index contributed by atoms with van der Waals surface area (Å²) in [6.07, 6.45) is 5.57. The van der Waals surface area contributed by atoms with Crippen molar-refractivity contribution in [3.63, 3.8) is 0 Å². The molecule has 1 aliphatic rings. The van der Waals surface area contributed by atoms with Crippen molar-refractivity contribution in [3.05, 3.63) is 78.1 Å². The summed E-state index contributed by atoms with van der Waals surface area (Å²) in [5.74, 6) is 0.553. The Morgan fingerprint density at radius 1 is 1.10 bits per heavy atom. The standard InChI is InChI=1S/C29H32N10O/c1-18-14-32-23-10-9-20(17-39(18)23)25-26(22-7-5-11-31-22)36-28(30)27(35-25)29(40)33-15-21-6-4-8-24(34-21)38-13-12-37(3)19(2)16-38/h4-11,14,17,19,31H,12-13,15-16H2,1-3H3,(H2,30,36)(H,33,40)/t19-/m0/s1. The maximum atomic E-state index is 13.4. The van der Waals surface area contributed by atoms with Crippen molar-refractivity contribution in [3.8, 4) is 22.6 Å². The predicted octanol–water partition coefficient (Wildman–Crippen LogP) is 3.14. The fourth-order valence-corrected chi connectivity index (χ4v) is 4.98. The quantitative estimate of drug-likeness (QED) is 0.301. The number of anilines is 2. The van der Waals surface area contributed by atoms with Gasteiger partial charge < -0.3 is 30.2 Å². The first-order valence-corrected chi connectivity index (χ1v) is 13.3. The van der Waals surface area contributed by atoms with Gasteiger partial charge in [-0.05, 0) is 57.3 Å². The van der Waals surface area contributed by atoms with Crippen LogP contribution in [0.25, 0.3) is 28.3 Å². The number of hydrogen-bond donors (Lipinski definition) is 3. The van der Waals surface area contributed by atoms with Gasteiger partial charge in [0.05, 0.1) is 17.9 Å². The number of piperazine rings is 1. The number of H-pyrrole nitrogens is 1. The highest BCUT2D eigenvalue weighted by Gasteiger charge is 2.23. The third-order valence-electron chi connectivity index (χ3n) is 7.46. The smallest absolute Gasteiger partial charge is 0.274 e. The molecule has 40 heavy (non-hydrogen) atoms. The largest absolute Gasteiger partial charge is 0.382 e. The van der Waals surface area contributed by atoms with E-state index in [0.29, 0.717) is 17.4 Å². The molecule has 0 aliphatic carbocycles. The van der Waals surface area contributed by atoms with Crippen LogP contribution in [0.15, 0.2) is 61.1 Å². The molecule has 204 valence electrons. The summed E-state index contributed by atoms with van der Waals surface area (Å²) >= 11 is 0. The van der Waals surface area contributed by atoms with Crippen LogP contribution in [0.5, 0.6) is 0 Å². The molecule has 0 radical (unpaired) electrons. The summed E-state index contributed by atoms with van der Waals surface area (Å²) < 4.78 is 1.98. The predicted molar refractivity (Wildman–Crippen MR) is 155 cm³/mol. The van der Waals surface area contributed by atoms with E-state index in [2.05, 4.69) is 44.0 Å². The number of nitrogens with two attached hydrogens (primary N) is 1. The Balaban J connectivity index is 1.28. The highest BCUT2D eigenvalue weighted by Crippen LogP contribution is 2.30. The maximum Gasteiger partial charge on any atom is 0.274 e. The van der Waals surface area contributed by atoms with E-state index in [4.69, 9.17) is 15.7 Å². The Kier molecular flexibility index (Phi) is 6.64. The highest BCUT2D eigenvalue weighted by molar-refractivity contribution is 5.97. The molecule has 1 saturated heterocycles. The fourth-order valence-electron chi connectivity index (χ4n) is 4.98. The molecule has 11 heteroatoms. The van der Waals surface area contributed by atoms with Crippen molar-refractivity contribution in [1.29, 1.82) is 0 Å². The molecule has 1 fully saturated rings. The number of likely N-dealkylation sites (N-methyl/N-ethyl adjacent to an activating group) is 1. The molecule has 6 rings (SSSR count). The highest BCUT2D eigenvalue weighted by atomic mass is 16.1. The van der Waals surface area contributed by atoms with Gasteiger partial charge >= 0.3 is 0 Å². The van der Waals surface area contributed by atoms with Crippen molar-refractivity contribution in [2.75, 3.05) is 37.3 Å². The molecule has 5 aromatic heterocycles. The van der Waals surface area contributed by atoms with Gasteiger partial charge in [-0.2, -0.15) is 0 Å². The van der Waals surface area contributed by atoms with Crippen LogP contribution in [0.2, 0.25) is 0 Å². The number of aryl methyl sites for hydroxylation is 1. The Hall–Kier alpha value is -4.77. The number of rotatable bonds is 6. The number of nitrogens with zero attached hydrogens (tertiary/aromatic N) is 7. The van der Waals surface area contributed by atoms with Crippen molar-refractivity contribution in [2.24, 2.45) is 0 Å². The van der Waals surface area contributed by atoms with E-state index in [1.807, 2.05) is 72.4 Å². The van der Waals surface area contributed by atoms with E-state index in [9.17, 15) is 4.79 Å². The average molecular weight is 537 g/mol. The van der Waals surface area contributed by atoms with E-state index in [1.165, 1.54) is 0 Å². The van der Waals surface area contributed by atoms with Crippen LogP contribution in [0.4, 0.5) is 11.6 Å². The number of pyridine rings is 2. The third-order valence-corrected chi connectivity index (χ3v) is 7.46. The van der Waals surface area contributed by atoms with Crippen LogP contribution in [0.3, 0.4) is 0 Å². The van der Waals surface area contributed by atoms with Gasteiger partial charge in [0.1, 0.15) is 22.9 Å². The summed E-state index contributed by atoms with van der Waals surface area (Å²) in [7, 11) is 2.14. The minimum Gasteiger partial charge on any atom is -0.382 e. The number of imidazole rings is 1. The summed E-state index contributed by atoms with van der Waals surface area (Å²) in [6, 6.07) is 13.9. The summed E-state index contributed by atoms with van der Waals surface area (Å²) in [5, 5.41) is 2.94. The van der Waals surface area contributed by atoms with E-state index < -0.39 is 5.91 Å². The molecule has 0 bridgehead atoms. The summed E-state index contributed by atoms with van der Waals surface area (Å²) in [6.45, 7) is 7.24. The van der Waals surface area contributed by atoms with E-state index in [-0.39, 0.29) is 18.1 Å². The van der Waals surface area contributed by atoms with Crippen LogP contribution in [-0.2, 0) is 6.54 Å². The number of hydrogen-bond acceptors (Lipinski definition) is 8. The Labute approximate surface area is 232 Å². The molecule has 6 heterocycles. The molecule has 5 aromatic rings. The normalized spacial score (nSPS) is 16.0. The van der Waals surface area contributed by atoms with Gasteiger partial charge in [-0.1, -0.05) is 6.07 Å². The molecular formula is C29H32N10O. The van der Waals surface area contributed by atoms with Gasteiger partial charge in [0, 0.05) is 55.5 Å². The monoisotopic (exact) mass is 536 g/mol. The molecule has 11 nitrogen and oxygen atoms in total. The minimum absolute atomic E-state index is 0.0545. The van der Waals surface area contributed by atoms with Crippen molar-refractivity contribution in [2.45, 2.75) is 26.4 Å². The van der Waals surface area contributed by atoms with E-state index in [0.717, 1.165) is 53.7 Å². The second-order valence-corrected chi connectivity index (χ2v) is 10.2. The summed E-state index contributed by atoms with van der Waals surface area (Å²) in [4.78, 5) is 39.7. The number of aromatic amines is 1. The van der Waals surface area contributed by atoms with Gasteiger partial charge in [-0.15, -0.1) is 0 Å². The molecular weight excluding hydrogens is 504 g/mol.